The summed E-state index contributed by atoms with van der Waals surface area (Å²) in [6.07, 6.45) is 0.984. The first kappa shape index (κ1) is 14.8. The van der Waals surface area contributed by atoms with Gasteiger partial charge in [-0.15, -0.1) is 0 Å². The van der Waals surface area contributed by atoms with Gasteiger partial charge in [0.15, 0.2) is 0 Å². The number of benzene rings is 1. The van der Waals surface area contributed by atoms with E-state index in [2.05, 4.69) is 5.32 Å². The average molecular weight is 300 g/mol. The highest BCUT2D eigenvalue weighted by Crippen LogP contribution is 2.50. The Labute approximate surface area is 120 Å². The Morgan fingerprint density at radius 1 is 1.45 bits per heavy atom. The van der Waals surface area contributed by atoms with Gasteiger partial charge in [-0.05, 0) is 25.0 Å². The summed E-state index contributed by atoms with van der Waals surface area (Å²) in [6, 6.07) is 4.48. The van der Waals surface area contributed by atoms with Gasteiger partial charge in [0.2, 0.25) is 5.91 Å². The number of carboxylic acid groups (broad SMARTS) is 1. The van der Waals surface area contributed by atoms with Crippen LogP contribution in [0, 0.1) is 11.7 Å². The second-order valence-electron chi connectivity index (χ2n) is 4.87. The fourth-order valence-corrected chi connectivity index (χ4v) is 2.55. The standard InChI is InChI=1S/C14H15ClFNO3/c15-10-3-1-4-11(16)13(10)8-7-9(8)14(20)17-6-2-5-12(18)19/h1,3-4,8-9H,2,5-7H2,(H,17,20)(H,18,19). The molecule has 20 heavy (non-hydrogen) atoms. The Bertz CT molecular complexity index is 515. The van der Waals surface area contributed by atoms with Crippen molar-refractivity contribution in [3.05, 3.63) is 34.6 Å². The first-order chi connectivity index (χ1) is 9.50. The molecule has 0 heterocycles. The molecule has 1 saturated carbocycles. The molecule has 1 aromatic rings. The summed E-state index contributed by atoms with van der Waals surface area (Å²) >= 11 is 5.96. The molecule has 1 amide bonds. The molecule has 0 bridgehead atoms. The lowest BCUT2D eigenvalue weighted by Gasteiger charge is -2.06. The number of halogens is 2. The second kappa shape index (κ2) is 6.22. The minimum atomic E-state index is -0.887. The van der Waals surface area contributed by atoms with Gasteiger partial charge in [0.05, 0.1) is 0 Å². The van der Waals surface area contributed by atoms with Crippen LogP contribution in [0.2, 0.25) is 5.02 Å². The van der Waals surface area contributed by atoms with Gasteiger partial charge in [0, 0.05) is 35.4 Å². The van der Waals surface area contributed by atoms with Crippen LogP contribution >= 0.6 is 11.6 Å². The zero-order valence-electron chi connectivity index (χ0n) is 10.7. The maximum atomic E-state index is 13.7. The Kier molecular flexibility index (Phi) is 4.60. The molecule has 2 rings (SSSR count). The van der Waals surface area contributed by atoms with Crippen LogP contribution in [0.15, 0.2) is 18.2 Å². The predicted octanol–water partition coefficient (Wildman–Crippen LogP) is 2.56. The van der Waals surface area contributed by atoms with Gasteiger partial charge >= 0.3 is 5.97 Å². The second-order valence-corrected chi connectivity index (χ2v) is 5.28. The number of aliphatic carboxylic acids is 1. The molecule has 2 atom stereocenters. The van der Waals surface area contributed by atoms with Crippen molar-refractivity contribution in [2.75, 3.05) is 6.54 Å². The van der Waals surface area contributed by atoms with Gasteiger partial charge in [-0.25, -0.2) is 4.39 Å². The molecule has 2 unspecified atom stereocenters. The molecular formula is C14H15ClFNO3. The topological polar surface area (TPSA) is 66.4 Å². The van der Waals surface area contributed by atoms with Crippen LogP contribution < -0.4 is 5.32 Å². The SMILES string of the molecule is O=C(O)CCCNC(=O)C1CC1c1c(F)cccc1Cl. The van der Waals surface area contributed by atoms with Gasteiger partial charge in [-0.2, -0.15) is 0 Å². The summed E-state index contributed by atoms with van der Waals surface area (Å²) in [5.41, 5.74) is 0.403. The van der Waals surface area contributed by atoms with Crippen molar-refractivity contribution in [1.82, 2.24) is 5.32 Å². The normalized spacial score (nSPS) is 20.5. The third-order valence-corrected chi connectivity index (χ3v) is 3.69. The van der Waals surface area contributed by atoms with Crippen LogP contribution in [0.3, 0.4) is 0 Å². The molecule has 1 aliphatic carbocycles. The zero-order chi connectivity index (χ0) is 14.7. The largest absolute Gasteiger partial charge is 0.481 e. The molecule has 0 spiro atoms. The number of rotatable bonds is 6. The van der Waals surface area contributed by atoms with E-state index in [-0.39, 0.29) is 30.0 Å². The smallest absolute Gasteiger partial charge is 0.303 e. The Balaban J connectivity index is 1.85. The van der Waals surface area contributed by atoms with Crippen molar-refractivity contribution in [2.45, 2.75) is 25.2 Å². The van der Waals surface area contributed by atoms with E-state index in [0.29, 0.717) is 30.0 Å². The lowest BCUT2D eigenvalue weighted by atomic mass is 10.1. The first-order valence-electron chi connectivity index (χ1n) is 6.44. The van der Waals surface area contributed by atoms with Crippen LogP contribution in [0.1, 0.15) is 30.7 Å². The third-order valence-electron chi connectivity index (χ3n) is 3.36. The van der Waals surface area contributed by atoms with Gasteiger partial charge in [-0.1, -0.05) is 17.7 Å². The summed E-state index contributed by atoms with van der Waals surface area (Å²) < 4.78 is 13.7. The number of hydrogen-bond donors (Lipinski definition) is 2. The number of carbonyl (C=O) groups is 2. The molecule has 0 aromatic heterocycles. The molecule has 2 N–H and O–H groups in total. The van der Waals surface area contributed by atoms with E-state index in [0.717, 1.165) is 0 Å². The van der Waals surface area contributed by atoms with Crippen LogP contribution in [0.4, 0.5) is 4.39 Å². The van der Waals surface area contributed by atoms with Crippen LogP contribution in [-0.4, -0.2) is 23.5 Å². The van der Waals surface area contributed by atoms with E-state index >= 15 is 0 Å². The molecule has 0 radical (unpaired) electrons. The summed E-state index contributed by atoms with van der Waals surface area (Å²) in [7, 11) is 0. The Hall–Kier alpha value is -1.62. The van der Waals surface area contributed by atoms with E-state index in [4.69, 9.17) is 16.7 Å². The van der Waals surface area contributed by atoms with Crippen molar-refractivity contribution in [1.29, 1.82) is 0 Å². The van der Waals surface area contributed by atoms with Crippen LogP contribution in [0.25, 0.3) is 0 Å². The predicted molar refractivity (Wildman–Crippen MR) is 72.1 cm³/mol. The lowest BCUT2D eigenvalue weighted by molar-refractivity contribution is -0.137. The maximum Gasteiger partial charge on any atom is 0.303 e. The minimum Gasteiger partial charge on any atom is -0.481 e. The summed E-state index contributed by atoms with van der Waals surface area (Å²) in [6.45, 7) is 0.319. The van der Waals surface area contributed by atoms with Crippen molar-refractivity contribution in [3.63, 3.8) is 0 Å². The highest BCUT2D eigenvalue weighted by molar-refractivity contribution is 6.31. The molecule has 1 aromatic carbocycles. The summed E-state index contributed by atoms with van der Waals surface area (Å²) in [4.78, 5) is 22.2. The van der Waals surface area contributed by atoms with E-state index < -0.39 is 5.97 Å². The number of amides is 1. The van der Waals surface area contributed by atoms with Gasteiger partial charge in [0.25, 0.3) is 0 Å². The number of carboxylic acids is 1. The van der Waals surface area contributed by atoms with Crippen molar-refractivity contribution in [3.8, 4) is 0 Å². The van der Waals surface area contributed by atoms with Crippen LogP contribution in [0.5, 0.6) is 0 Å². The Morgan fingerprint density at radius 3 is 2.85 bits per heavy atom. The van der Waals surface area contributed by atoms with E-state index in [1.165, 1.54) is 12.1 Å². The molecule has 108 valence electrons. The van der Waals surface area contributed by atoms with E-state index in [9.17, 15) is 14.0 Å². The highest BCUT2D eigenvalue weighted by Gasteiger charge is 2.46. The maximum absolute atomic E-state index is 13.7. The first-order valence-corrected chi connectivity index (χ1v) is 6.82. The van der Waals surface area contributed by atoms with Crippen molar-refractivity contribution in [2.24, 2.45) is 5.92 Å². The molecule has 1 aliphatic rings. The van der Waals surface area contributed by atoms with E-state index in [1.807, 2.05) is 0 Å². The van der Waals surface area contributed by atoms with Crippen LogP contribution in [-0.2, 0) is 9.59 Å². The lowest BCUT2D eigenvalue weighted by Crippen LogP contribution is -2.26. The molecule has 0 aliphatic heterocycles. The third kappa shape index (κ3) is 3.48. The summed E-state index contributed by atoms with van der Waals surface area (Å²) in [5, 5.41) is 11.5. The van der Waals surface area contributed by atoms with Gasteiger partial charge in [0.1, 0.15) is 5.82 Å². The molecule has 1 fully saturated rings. The summed E-state index contributed by atoms with van der Waals surface area (Å²) in [5.74, 6) is -1.89. The fourth-order valence-electron chi connectivity index (χ4n) is 2.25. The van der Waals surface area contributed by atoms with Gasteiger partial charge < -0.3 is 10.4 Å². The fraction of sp³-hybridized carbons (Fsp3) is 0.429. The van der Waals surface area contributed by atoms with Gasteiger partial charge in [-0.3, -0.25) is 9.59 Å². The number of nitrogens with one attached hydrogen (secondary N) is 1. The molecule has 6 heteroatoms. The molecular weight excluding hydrogens is 285 g/mol. The number of carbonyl (C=O) groups excluding carboxylic acids is 1. The highest BCUT2D eigenvalue weighted by atomic mass is 35.5. The molecule has 0 saturated heterocycles. The minimum absolute atomic E-state index is 0.0213. The van der Waals surface area contributed by atoms with Crippen molar-refractivity contribution >= 4 is 23.5 Å². The molecule has 4 nitrogen and oxygen atoms in total. The zero-order valence-corrected chi connectivity index (χ0v) is 11.5. The number of hydrogen-bond acceptors (Lipinski definition) is 2. The van der Waals surface area contributed by atoms with E-state index in [1.54, 1.807) is 6.07 Å². The quantitative estimate of drug-likeness (QED) is 0.793. The Morgan fingerprint density at radius 2 is 2.20 bits per heavy atom. The monoisotopic (exact) mass is 299 g/mol. The van der Waals surface area contributed by atoms with Crippen molar-refractivity contribution < 1.29 is 19.1 Å². The average Bonchev–Trinajstić information content (AvgIpc) is 3.14.